The third-order valence-corrected chi connectivity index (χ3v) is 4.00. The smallest absolute Gasteiger partial charge is 0.191 e. The van der Waals surface area contributed by atoms with Gasteiger partial charge in [-0.15, -0.1) is 24.0 Å². The predicted molar refractivity (Wildman–Crippen MR) is 116 cm³/mol. The number of ether oxygens (including phenoxy) is 3. The summed E-state index contributed by atoms with van der Waals surface area (Å²) in [5.74, 6) is 1.52. The third-order valence-electron chi connectivity index (χ3n) is 3.77. The number of rotatable bonds is 9. The number of halogens is 2. The molecule has 1 aliphatic rings. The molecule has 1 saturated heterocycles. The molecule has 0 bridgehead atoms. The van der Waals surface area contributed by atoms with Gasteiger partial charge >= 0.3 is 0 Å². The highest BCUT2D eigenvalue weighted by Crippen LogP contribution is 2.18. The molecule has 2 rings (SSSR count). The highest BCUT2D eigenvalue weighted by molar-refractivity contribution is 14.0. The average Bonchev–Trinajstić information content (AvgIpc) is 3.10. The Balaban J connectivity index is 0.00000338. The molecule has 6 nitrogen and oxygen atoms in total. The first-order valence-corrected chi connectivity index (χ1v) is 9.11. The van der Waals surface area contributed by atoms with E-state index in [9.17, 15) is 0 Å². The van der Waals surface area contributed by atoms with Gasteiger partial charge in [0.25, 0.3) is 0 Å². The molecule has 26 heavy (non-hydrogen) atoms. The van der Waals surface area contributed by atoms with Crippen molar-refractivity contribution in [3.8, 4) is 5.75 Å². The minimum atomic E-state index is -0.0114. The molecule has 1 aromatic rings. The standard InChI is InChI=1S/C18H28ClN3O3.HI/c1-14(25-16-6-3-5-15(19)11-16)12-22-18(20-2)21-8-4-9-24-17-7-10-23-13-17;/h3,5-6,11,14,17H,4,7-10,12-13H2,1-2H3,(H2,20,21,22);1H. The lowest BCUT2D eigenvalue weighted by Crippen LogP contribution is -2.42. The fraction of sp³-hybridized carbons (Fsp3) is 0.611. The summed E-state index contributed by atoms with van der Waals surface area (Å²) >= 11 is 5.96. The van der Waals surface area contributed by atoms with Crippen LogP contribution in [0.3, 0.4) is 0 Å². The molecule has 2 atom stereocenters. The predicted octanol–water partition coefficient (Wildman–Crippen LogP) is 3.09. The van der Waals surface area contributed by atoms with Crippen molar-refractivity contribution in [2.24, 2.45) is 4.99 Å². The second-order valence-corrected chi connectivity index (χ2v) is 6.41. The molecule has 0 aliphatic carbocycles. The van der Waals surface area contributed by atoms with Crippen LogP contribution in [-0.4, -0.2) is 58.1 Å². The molecule has 8 heteroatoms. The Bertz CT molecular complexity index is 542. The lowest BCUT2D eigenvalue weighted by atomic mass is 10.3. The van der Waals surface area contributed by atoms with Crippen LogP contribution in [0.4, 0.5) is 0 Å². The van der Waals surface area contributed by atoms with Crippen molar-refractivity contribution >= 4 is 41.5 Å². The van der Waals surface area contributed by atoms with E-state index in [0.717, 1.165) is 50.9 Å². The summed E-state index contributed by atoms with van der Waals surface area (Å²) in [4.78, 5) is 4.21. The van der Waals surface area contributed by atoms with Crippen LogP contribution in [0.1, 0.15) is 19.8 Å². The molecule has 2 N–H and O–H groups in total. The summed E-state index contributed by atoms with van der Waals surface area (Å²) in [7, 11) is 1.75. The minimum Gasteiger partial charge on any atom is -0.489 e. The molecule has 2 unspecified atom stereocenters. The molecule has 0 radical (unpaired) electrons. The fourth-order valence-corrected chi connectivity index (χ4v) is 2.63. The molecule has 0 aromatic heterocycles. The van der Waals surface area contributed by atoms with Crippen molar-refractivity contribution in [2.45, 2.75) is 32.0 Å². The first-order chi connectivity index (χ1) is 12.2. The van der Waals surface area contributed by atoms with Gasteiger partial charge in [-0.25, -0.2) is 0 Å². The van der Waals surface area contributed by atoms with Crippen molar-refractivity contribution < 1.29 is 14.2 Å². The van der Waals surface area contributed by atoms with Gasteiger partial charge in [0.05, 0.1) is 19.3 Å². The van der Waals surface area contributed by atoms with Crippen LogP contribution in [-0.2, 0) is 9.47 Å². The van der Waals surface area contributed by atoms with E-state index in [4.69, 9.17) is 25.8 Å². The van der Waals surface area contributed by atoms with Crippen molar-refractivity contribution in [1.29, 1.82) is 0 Å². The van der Waals surface area contributed by atoms with E-state index >= 15 is 0 Å². The minimum absolute atomic E-state index is 0. The number of aliphatic imine (C=N–C) groups is 1. The molecule has 1 aromatic carbocycles. The van der Waals surface area contributed by atoms with Gasteiger partial charge in [-0.1, -0.05) is 17.7 Å². The van der Waals surface area contributed by atoms with E-state index in [2.05, 4.69) is 15.6 Å². The van der Waals surface area contributed by atoms with E-state index in [1.54, 1.807) is 13.1 Å². The van der Waals surface area contributed by atoms with E-state index in [1.807, 2.05) is 25.1 Å². The molecule has 148 valence electrons. The quantitative estimate of drug-likeness (QED) is 0.238. The first-order valence-electron chi connectivity index (χ1n) is 8.73. The average molecular weight is 498 g/mol. The second-order valence-electron chi connectivity index (χ2n) is 5.98. The molecule has 0 spiro atoms. The van der Waals surface area contributed by atoms with Crippen LogP contribution in [0.25, 0.3) is 0 Å². The first kappa shape index (κ1) is 23.3. The van der Waals surface area contributed by atoms with Crippen LogP contribution in [0.2, 0.25) is 5.02 Å². The summed E-state index contributed by atoms with van der Waals surface area (Å²) in [6.45, 7) is 5.71. The van der Waals surface area contributed by atoms with Crippen molar-refractivity contribution in [3.05, 3.63) is 29.3 Å². The highest BCUT2D eigenvalue weighted by Gasteiger charge is 2.15. The van der Waals surface area contributed by atoms with E-state index < -0.39 is 0 Å². The fourth-order valence-electron chi connectivity index (χ4n) is 2.45. The maximum Gasteiger partial charge on any atom is 0.191 e. The normalized spacial score (nSPS) is 18.1. The van der Waals surface area contributed by atoms with Crippen LogP contribution in [0.5, 0.6) is 5.75 Å². The SMILES string of the molecule is CN=C(NCCCOC1CCOC1)NCC(C)Oc1cccc(Cl)c1.I. The van der Waals surface area contributed by atoms with Crippen molar-refractivity contribution in [1.82, 2.24) is 10.6 Å². The highest BCUT2D eigenvalue weighted by atomic mass is 127. The van der Waals surface area contributed by atoms with Crippen molar-refractivity contribution in [2.75, 3.05) is 40.0 Å². The van der Waals surface area contributed by atoms with Crippen molar-refractivity contribution in [3.63, 3.8) is 0 Å². The zero-order valence-corrected chi connectivity index (χ0v) is 18.5. The Morgan fingerprint density at radius 2 is 2.27 bits per heavy atom. The Morgan fingerprint density at radius 1 is 1.42 bits per heavy atom. The number of hydrogen-bond donors (Lipinski definition) is 2. The Hall–Kier alpha value is -0.770. The van der Waals surface area contributed by atoms with Gasteiger partial charge < -0.3 is 24.8 Å². The molecule has 0 saturated carbocycles. The van der Waals surface area contributed by atoms with Crippen LogP contribution >= 0.6 is 35.6 Å². The van der Waals surface area contributed by atoms with Gasteiger partial charge in [-0.3, -0.25) is 4.99 Å². The maximum absolute atomic E-state index is 5.96. The Kier molecular flexibility index (Phi) is 12.0. The number of hydrogen-bond acceptors (Lipinski definition) is 4. The van der Waals surface area contributed by atoms with Gasteiger partial charge in [0.15, 0.2) is 5.96 Å². The van der Waals surface area contributed by atoms with Gasteiger partial charge in [-0.05, 0) is 38.0 Å². The molecule has 1 aliphatic heterocycles. The van der Waals surface area contributed by atoms with Crippen LogP contribution in [0.15, 0.2) is 29.3 Å². The molecule has 0 amide bonds. The Morgan fingerprint density at radius 3 is 2.96 bits per heavy atom. The molecular weight excluding hydrogens is 469 g/mol. The number of guanidine groups is 1. The van der Waals surface area contributed by atoms with E-state index in [1.165, 1.54) is 0 Å². The Labute approximate surface area is 178 Å². The van der Waals surface area contributed by atoms with Gasteiger partial charge in [-0.2, -0.15) is 0 Å². The second kappa shape index (κ2) is 13.4. The summed E-state index contributed by atoms with van der Waals surface area (Å²) in [6.07, 6.45) is 2.18. The van der Waals surface area contributed by atoms with Gasteiger partial charge in [0.2, 0.25) is 0 Å². The van der Waals surface area contributed by atoms with E-state index in [0.29, 0.717) is 11.6 Å². The summed E-state index contributed by atoms with van der Waals surface area (Å²) in [5.41, 5.74) is 0. The third kappa shape index (κ3) is 9.25. The van der Waals surface area contributed by atoms with E-state index in [-0.39, 0.29) is 36.2 Å². The number of nitrogens with zero attached hydrogens (tertiary/aromatic N) is 1. The largest absolute Gasteiger partial charge is 0.489 e. The molecule has 1 heterocycles. The lowest BCUT2D eigenvalue weighted by Gasteiger charge is -2.18. The van der Waals surface area contributed by atoms with Gasteiger partial charge in [0.1, 0.15) is 11.9 Å². The van der Waals surface area contributed by atoms with Crippen LogP contribution in [0, 0.1) is 0 Å². The summed E-state index contributed by atoms with van der Waals surface area (Å²) in [5, 5.41) is 7.20. The monoisotopic (exact) mass is 497 g/mol. The zero-order valence-electron chi connectivity index (χ0n) is 15.4. The van der Waals surface area contributed by atoms with Crippen LogP contribution < -0.4 is 15.4 Å². The maximum atomic E-state index is 5.96. The molecular formula is C18H29ClIN3O3. The molecule has 1 fully saturated rings. The topological polar surface area (TPSA) is 64.1 Å². The zero-order chi connectivity index (χ0) is 17.9. The number of nitrogens with one attached hydrogen (secondary N) is 2. The van der Waals surface area contributed by atoms with Gasteiger partial charge in [0, 0.05) is 31.8 Å². The lowest BCUT2D eigenvalue weighted by molar-refractivity contribution is 0.0420. The number of benzene rings is 1. The summed E-state index contributed by atoms with van der Waals surface area (Å²) < 4.78 is 16.8. The summed E-state index contributed by atoms with van der Waals surface area (Å²) in [6, 6.07) is 7.40.